The quantitative estimate of drug-likeness (QED) is 0.786. The summed E-state index contributed by atoms with van der Waals surface area (Å²) in [5, 5.41) is 17.0. The molecule has 0 radical (unpaired) electrons. The highest BCUT2D eigenvalue weighted by atomic mass is 16.4. The van der Waals surface area contributed by atoms with Gasteiger partial charge in [0, 0.05) is 6.54 Å². The maximum Gasteiger partial charge on any atom is 0.283 e. The molecule has 2 rings (SSSR count). The molecule has 0 fully saturated rings. The van der Waals surface area contributed by atoms with E-state index in [2.05, 4.69) is 22.0 Å². The number of hydrogen-bond donors (Lipinski definition) is 1. The summed E-state index contributed by atoms with van der Waals surface area (Å²) in [4.78, 5) is 2.10. The Labute approximate surface area is 112 Å². The normalized spacial score (nSPS) is 11.3. The fourth-order valence-corrected chi connectivity index (χ4v) is 1.80. The lowest BCUT2D eigenvalue weighted by atomic mass is 10.3. The Kier molecular flexibility index (Phi) is 5.11. The molecule has 0 aromatic carbocycles. The third-order valence-electron chi connectivity index (χ3n) is 2.80. The molecule has 2 aromatic heterocycles. The topological polar surface area (TPSA) is 75.5 Å². The number of nitrogens with zero attached hydrogens (tertiary/aromatic N) is 3. The smallest absolute Gasteiger partial charge is 0.283 e. The fraction of sp³-hybridized carbons (Fsp3) is 0.538. The summed E-state index contributed by atoms with van der Waals surface area (Å²) < 4.78 is 10.7. The Hall–Kier alpha value is -1.66. The first-order valence-corrected chi connectivity index (χ1v) is 6.53. The van der Waals surface area contributed by atoms with Crippen LogP contribution in [0, 0.1) is 0 Å². The van der Waals surface area contributed by atoms with Crippen molar-refractivity contribution in [2.24, 2.45) is 0 Å². The van der Waals surface area contributed by atoms with Crippen LogP contribution in [0.15, 0.2) is 27.2 Å². The fourth-order valence-electron chi connectivity index (χ4n) is 1.80. The molecule has 0 bridgehead atoms. The second kappa shape index (κ2) is 7.06. The standard InChI is InChI=1S/C13H19N3O3/c1-2-3-6-16(7-8-17)10-12-14-15-13(19-12)11-5-4-9-18-11/h4-5,9,17H,2-3,6-8,10H2,1H3. The summed E-state index contributed by atoms with van der Waals surface area (Å²) in [6.45, 7) is 4.34. The molecule has 2 heterocycles. The molecule has 6 nitrogen and oxygen atoms in total. The number of rotatable bonds is 8. The van der Waals surface area contributed by atoms with E-state index in [1.165, 1.54) is 0 Å². The molecule has 0 aliphatic rings. The van der Waals surface area contributed by atoms with E-state index >= 15 is 0 Å². The van der Waals surface area contributed by atoms with Gasteiger partial charge in [-0.2, -0.15) is 0 Å². The van der Waals surface area contributed by atoms with Gasteiger partial charge in [-0.25, -0.2) is 0 Å². The zero-order chi connectivity index (χ0) is 13.5. The van der Waals surface area contributed by atoms with E-state index in [4.69, 9.17) is 13.9 Å². The van der Waals surface area contributed by atoms with Crippen LogP contribution in [0.2, 0.25) is 0 Å². The van der Waals surface area contributed by atoms with E-state index in [0.717, 1.165) is 19.4 Å². The molecule has 0 aliphatic heterocycles. The van der Waals surface area contributed by atoms with Crippen LogP contribution in [0.25, 0.3) is 11.7 Å². The maximum atomic E-state index is 9.05. The highest BCUT2D eigenvalue weighted by Crippen LogP contribution is 2.18. The second-order valence-electron chi connectivity index (χ2n) is 4.33. The third-order valence-corrected chi connectivity index (χ3v) is 2.80. The van der Waals surface area contributed by atoms with E-state index in [-0.39, 0.29) is 6.61 Å². The largest absolute Gasteiger partial charge is 0.459 e. The Morgan fingerprint density at radius 1 is 1.32 bits per heavy atom. The lowest BCUT2D eigenvalue weighted by Crippen LogP contribution is -2.27. The molecule has 0 atom stereocenters. The van der Waals surface area contributed by atoms with Crippen molar-refractivity contribution >= 4 is 0 Å². The molecule has 6 heteroatoms. The van der Waals surface area contributed by atoms with Gasteiger partial charge in [0.05, 0.1) is 19.4 Å². The summed E-state index contributed by atoms with van der Waals surface area (Å²) in [5.41, 5.74) is 0. The van der Waals surface area contributed by atoms with E-state index in [9.17, 15) is 0 Å². The van der Waals surface area contributed by atoms with Gasteiger partial charge in [0.1, 0.15) is 0 Å². The van der Waals surface area contributed by atoms with Crippen molar-refractivity contribution in [2.45, 2.75) is 26.3 Å². The summed E-state index contributed by atoms with van der Waals surface area (Å²) in [6, 6.07) is 3.55. The minimum Gasteiger partial charge on any atom is -0.459 e. The van der Waals surface area contributed by atoms with Crippen molar-refractivity contribution in [1.29, 1.82) is 0 Å². The SMILES string of the molecule is CCCCN(CCO)Cc1nnc(-c2ccco2)o1. The van der Waals surface area contributed by atoms with Crippen molar-refractivity contribution in [2.75, 3.05) is 19.7 Å². The molecule has 0 amide bonds. The number of aliphatic hydroxyl groups is 1. The van der Waals surface area contributed by atoms with E-state index < -0.39 is 0 Å². The van der Waals surface area contributed by atoms with Crippen LogP contribution < -0.4 is 0 Å². The first-order chi connectivity index (χ1) is 9.33. The summed E-state index contributed by atoms with van der Waals surface area (Å²) >= 11 is 0. The van der Waals surface area contributed by atoms with Gasteiger partial charge in [0.2, 0.25) is 5.89 Å². The molecular weight excluding hydrogens is 246 g/mol. The number of furan rings is 1. The molecule has 2 aromatic rings. The minimum atomic E-state index is 0.128. The van der Waals surface area contributed by atoms with Gasteiger partial charge in [-0.05, 0) is 25.1 Å². The summed E-state index contributed by atoms with van der Waals surface area (Å²) in [5.74, 6) is 1.50. The molecule has 104 valence electrons. The zero-order valence-corrected chi connectivity index (χ0v) is 11.1. The van der Waals surface area contributed by atoms with Crippen LogP contribution in [0.5, 0.6) is 0 Å². The molecular formula is C13H19N3O3. The number of aliphatic hydroxyl groups excluding tert-OH is 1. The lowest BCUT2D eigenvalue weighted by Gasteiger charge is -2.18. The van der Waals surface area contributed by atoms with Gasteiger partial charge < -0.3 is 13.9 Å². The maximum absolute atomic E-state index is 9.05. The summed E-state index contributed by atoms with van der Waals surface area (Å²) in [7, 11) is 0. The predicted molar refractivity (Wildman–Crippen MR) is 69.3 cm³/mol. The third kappa shape index (κ3) is 3.90. The van der Waals surface area contributed by atoms with Crippen LogP contribution in [0.1, 0.15) is 25.7 Å². The number of aromatic nitrogens is 2. The van der Waals surface area contributed by atoms with E-state index in [1.807, 2.05) is 0 Å². The molecule has 0 spiro atoms. The van der Waals surface area contributed by atoms with E-state index in [1.54, 1.807) is 18.4 Å². The first kappa shape index (κ1) is 13.8. The van der Waals surface area contributed by atoms with Crippen LogP contribution in [0.3, 0.4) is 0 Å². The Bertz CT molecular complexity index is 467. The molecule has 0 saturated heterocycles. The van der Waals surface area contributed by atoms with Crippen LogP contribution in [0.4, 0.5) is 0 Å². The van der Waals surface area contributed by atoms with Gasteiger partial charge in [-0.3, -0.25) is 4.90 Å². The highest BCUT2D eigenvalue weighted by molar-refractivity contribution is 5.42. The van der Waals surface area contributed by atoms with Crippen LogP contribution in [-0.4, -0.2) is 39.9 Å². The van der Waals surface area contributed by atoms with Gasteiger partial charge in [0.15, 0.2) is 5.76 Å². The average molecular weight is 265 g/mol. The minimum absolute atomic E-state index is 0.128. The van der Waals surface area contributed by atoms with Gasteiger partial charge >= 0.3 is 0 Å². The summed E-state index contributed by atoms with van der Waals surface area (Å²) in [6.07, 6.45) is 3.76. The van der Waals surface area contributed by atoms with Crippen molar-refractivity contribution < 1.29 is 13.9 Å². The zero-order valence-electron chi connectivity index (χ0n) is 11.1. The Morgan fingerprint density at radius 2 is 2.21 bits per heavy atom. The number of unbranched alkanes of at least 4 members (excludes halogenated alkanes) is 1. The van der Waals surface area contributed by atoms with Crippen molar-refractivity contribution in [1.82, 2.24) is 15.1 Å². The Morgan fingerprint density at radius 3 is 2.89 bits per heavy atom. The average Bonchev–Trinajstić information content (AvgIpc) is 3.06. The highest BCUT2D eigenvalue weighted by Gasteiger charge is 2.13. The molecule has 0 aliphatic carbocycles. The molecule has 0 saturated carbocycles. The van der Waals surface area contributed by atoms with Crippen LogP contribution in [-0.2, 0) is 6.54 Å². The molecule has 0 unspecified atom stereocenters. The van der Waals surface area contributed by atoms with Gasteiger partial charge in [-0.15, -0.1) is 10.2 Å². The monoisotopic (exact) mass is 265 g/mol. The van der Waals surface area contributed by atoms with Crippen molar-refractivity contribution in [3.05, 3.63) is 24.3 Å². The number of hydrogen-bond acceptors (Lipinski definition) is 6. The predicted octanol–water partition coefficient (Wildman–Crippen LogP) is 1.92. The van der Waals surface area contributed by atoms with Gasteiger partial charge in [0.25, 0.3) is 5.89 Å². The van der Waals surface area contributed by atoms with Crippen molar-refractivity contribution in [3.63, 3.8) is 0 Å². The van der Waals surface area contributed by atoms with Gasteiger partial charge in [-0.1, -0.05) is 13.3 Å². The second-order valence-corrected chi connectivity index (χ2v) is 4.33. The Balaban J connectivity index is 1.97. The lowest BCUT2D eigenvalue weighted by molar-refractivity contribution is 0.177. The van der Waals surface area contributed by atoms with Crippen molar-refractivity contribution in [3.8, 4) is 11.7 Å². The molecule has 19 heavy (non-hydrogen) atoms. The molecule has 1 N–H and O–H groups in total. The van der Waals surface area contributed by atoms with Crippen LogP contribution >= 0.6 is 0 Å². The van der Waals surface area contributed by atoms with E-state index in [0.29, 0.717) is 30.6 Å². The first-order valence-electron chi connectivity index (χ1n) is 6.53.